The van der Waals surface area contributed by atoms with E-state index in [0.717, 1.165) is 31.0 Å². The van der Waals surface area contributed by atoms with Crippen molar-refractivity contribution in [3.05, 3.63) is 0 Å². The smallest absolute Gasteiger partial charge is 0.0468 e. The predicted molar refractivity (Wildman–Crippen MR) is 81.4 cm³/mol. The van der Waals surface area contributed by atoms with Gasteiger partial charge in [0.15, 0.2) is 0 Å². The van der Waals surface area contributed by atoms with Crippen molar-refractivity contribution in [1.29, 1.82) is 0 Å². The summed E-state index contributed by atoms with van der Waals surface area (Å²) in [5.74, 6) is 2.77. The summed E-state index contributed by atoms with van der Waals surface area (Å²) in [6, 6.07) is 0. The van der Waals surface area contributed by atoms with Crippen LogP contribution in [0.4, 0.5) is 0 Å². The summed E-state index contributed by atoms with van der Waals surface area (Å²) in [5, 5.41) is 3.76. The van der Waals surface area contributed by atoms with Crippen LogP contribution in [0.5, 0.6) is 0 Å². The van der Waals surface area contributed by atoms with Gasteiger partial charge >= 0.3 is 0 Å². The van der Waals surface area contributed by atoms with E-state index < -0.39 is 0 Å². The van der Waals surface area contributed by atoms with E-state index in [1.54, 1.807) is 0 Å². The van der Waals surface area contributed by atoms with Crippen molar-refractivity contribution in [3.63, 3.8) is 0 Å². The van der Waals surface area contributed by atoms with Gasteiger partial charge in [-0.25, -0.2) is 0 Å². The summed E-state index contributed by atoms with van der Waals surface area (Å²) in [6.45, 7) is 10.1. The quantitative estimate of drug-likeness (QED) is 0.780. The highest BCUT2D eigenvalue weighted by Gasteiger charge is 2.32. The summed E-state index contributed by atoms with van der Waals surface area (Å²) < 4.78 is 5.56. The molecule has 0 aromatic rings. The molecule has 2 heteroatoms. The van der Waals surface area contributed by atoms with Crippen LogP contribution in [-0.4, -0.2) is 25.3 Å². The second kappa shape index (κ2) is 7.08. The molecule has 112 valence electrons. The molecule has 1 N–H and O–H groups in total. The molecule has 0 spiro atoms. The molecule has 0 radical (unpaired) electrons. The molecule has 1 saturated heterocycles. The number of nitrogens with one attached hydrogen (secondary N) is 1. The Hall–Kier alpha value is -0.0800. The lowest BCUT2D eigenvalue weighted by Gasteiger charge is -2.36. The number of ether oxygens (including phenoxy) is 1. The number of hydrogen-bond donors (Lipinski definition) is 1. The molecule has 1 heterocycles. The minimum atomic E-state index is 0.256. The summed E-state index contributed by atoms with van der Waals surface area (Å²) in [4.78, 5) is 0. The highest BCUT2D eigenvalue weighted by molar-refractivity contribution is 4.84. The van der Waals surface area contributed by atoms with Crippen LogP contribution >= 0.6 is 0 Å². The Balaban J connectivity index is 1.94. The molecule has 19 heavy (non-hydrogen) atoms. The van der Waals surface area contributed by atoms with E-state index in [-0.39, 0.29) is 5.54 Å². The molecule has 0 bridgehead atoms. The maximum atomic E-state index is 5.56. The van der Waals surface area contributed by atoms with Crippen molar-refractivity contribution in [2.24, 2.45) is 17.8 Å². The summed E-state index contributed by atoms with van der Waals surface area (Å²) in [5.41, 5.74) is 0.256. The van der Waals surface area contributed by atoms with E-state index in [1.807, 2.05) is 0 Å². The van der Waals surface area contributed by atoms with Gasteiger partial charge in [-0.05, 0) is 70.8 Å². The fourth-order valence-corrected chi connectivity index (χ4v) is 3.87. The van der Waals surface area contributed by atoms with Crippen molar-refractivity contribution < 1.29 is 4.74 Å². The molecule has 2 fully saturated rings. The first-order valence-electron chi connectivity index (χ1n) is 8.39. The van der Waals surface area contributed by atoms with Crippen molar-refractivity contribution in [1.82, 2.24) is 5.32 Å². The Morgan fingerprint density at radius 2 is 1.63 bits per heavy atom. The zero-order valence-corrected chi connectivity index (χ0v) is 13.2. The molecule has 1 saturated carbocycles. The maximum Gasteiger partial charge on any atom is 0.0468 e. The maximum absolute atomic E-state index is 5.56. The third-order valence-electron chi connectivity index (χ3n) is 4.98. The molecular formula is C17H33NO. The van der Waals surface area contributed by atoms with Gasteiger partial charge in [0, 0.05) is 18.8 Å². The highest BCUT2D eigenvalue weighted by Crippen LogP contribution is 2.38. The first kappa shape index (κ1) is 15.3. The molecular weight excluding hydrogens is 234 g/mol. The fraction of sp³-hybridized carbons (Fsp3) is 1.00. The Labute approximate surface area is 119 Å². The van der Waals surface area contributed by atoms with Crippen molar-refractivity contribution >= 4 is 0 Å². The van der Waals surface area contributed by atoms with E-state index in [2.05, 4.69) is 26.1 Å². The highest BCUT2D eigenvalue weighted by atomic mass is 16.5. The van der Waals surface area contributed by atoms with Gasteiger partial charge in [0.25, 0.3) is 0 Å². The Morgan fingerprint density at radius 3 is 2.32 bits per heavy atom. The fourth-order valence-electron chi connectivity index (χ4n) is 3.87. The first-order valence-corrected chi connectivity index (χ1v) is 8.39. The van der Waals surface area contributed by atoms with E-state index in [9.17, 15) is 0 Å². The second-order valence-corrected chi connectivity index (χ2v) is 7.64. The predicted octanol–water partition coefficient (Wildman–Crippen LogP) is 4.00. The number of hydrogen-bond acceptors (Lipinski definition) is 2. The zero-order chi connectivity index (χ0) is 13.7. The van der Waals surface area contributed by atoms with Crippen LogP contribution in [0.2, 0.25) is 0 Å². The van der Waals surface area contributed by atoms with Gasteiger partial charge in [0.05, 0.1) is 0 Å². The molecule has 2 nitrogen and oxygen atoms in total. The molecule has 2 rings (SSSR count). The van der Waals surface area contributed by atoms with Crippen LogP contribution in [0.1, 0.15) is 65.7 Å². The zero-order valence-electron chi connectivity index (χ0n) is 13.2. The largest absolute Gasteiger partial charge is 0.381 e. The molecule has 2 unspecified atom stereocenters. The summed E-state index contributed by atoms with van der Waals surface area (Å²) >= 11 is 0. The van der Waals surface area contributed by atoms with Crippen LogP contribution in [0.15, 0.2) is 0 Å². The van der Waals surface area contributed by atoms with Gasteiger partial charge in [0.2, 0.25) is 0 Å². The monoisotopic (exact) mass is 267 g/mol. The van der Waals surface area contributed by atoms with Gasteiger partial charge < -0.3 is 10.1 Å². The van der Waals surface area contributed by atoms with E-state index in [4.69, 9.17) is 4.74 Å². The molecule has 2 aliphatic rings. The van der Waals surface area contributed by atoms with Crippen LogP contribution in [-0.2, 0) is 4.74 Å². The molecule has 0 aromatic heterocycles. The lowest BCUT2D eigenvalue weighted by molar-refractivity contribution is 0.0310. The normalized spacial score (nSPS) is 31.1. The molecule has 0 aromatic carbocycles. The molecule has 1 aliphatic heterocycles. The van der Waals surface area contributed by atoms with Crippen LogP contribution in [0.25, 0.3) is 0 Å². The molecule has 1 aliphatic carbocycles. The van der Waals surface area contributed by atoms with Gasteiger partial charge in [-0.15, -0.1) is 0 Å². The van der Waals surface area contributed by atoms with Crippen molar-refractivity contribution in [2.45, 2.75) is 71.3 Å². The summed E-state index contributed by atoms with van der Waals surface area (Å²) in [7, 11) is 0. The van der Waals surface area contributed by atoms with E-state index in [1.165, 1.54) is 51.5 Å². The minimum absolute atomic E-state index is 0.256. The van der Waals surface area contributed by atoms with E-state index in [0.29, 0.717) is 0 Å². The van der Waals surface area contributed by atoms with E-state index >= 15 is 0 Å². The molecule has 0 amide bonds. The third-order valence-corrected chi connectivity index (χ3v) is 4.98. The van der Waals surface area contributed by atoms with Crippen molar-refractivity contribution in [3.8, 4) is 0 Å². The lowest BCUT2D eigenvalue weighted by Crippen LogP contribution is -2.42. The minimum Gasteiger partial charge on any atom is -0.381 e. The standard InChI is InChI=1S/C17H33NO/c1-17(2,3)18-13-15-7-5-4-6-8-16(15)14-9-11-19-12-10-14/h14-16,18H,4-13H2,1-3H3. The summed E-state index contributed by atoms with van der Waals surface area (Å²) in [6.07, 6.45) is 9.84. The average molecular weight is 267 g/mol. The third kappa shape index (κ3) is 5.07. The van der Waals surface area contributed by atoms with Crippen LogP contribution in [0, 0.1) is 17.8 Å². The van der Waals surface area contributed by atoms with Gasteiger partial charge in [-0.1, -0.05) is 19.3 Å². The lowest BCUT2D eigenvalue weighted by atomic mass is 9.75. The van der Waals surface area contributed by atoms with Gasteiger partial charge in [0.1, 0.15) is 0 Å². The van der Waals surface area contributed by atoms with Crippen LogP contribution in [0.3, 0.4) is 0 Å². The Bertz CT molecular complexity index is 252. The van der Waals surface area contributed by atoms with Gasteiger partial charge in [-0.2, -0.15) is 0 Å². The Morgan fingerprint density at radius 1 is 0.947 bits per heavy atom. The SMILES string of the molecule is CC(C)(C)NCC1CCCCCC1C1CCOCC1. The van der Waals surface area contributed by atoms with Crippen molar-refractivity contribution in [2.75, 3.05) is 19.8 Å². The second-order valence-electron chi connectivity index (χ2n) is 7.64. The topological polar surface area (TPSA) is 21.3 Å². The average Bonchev–Trinajstić information content (AvgIpc) is 2.62. The molecule has 2 atom stereocenters. The van der Waals surface area contributed by atoms with Gasteiger partial charge in [-0.3, -0.25) is 0 Å². The Kier molecular flexibility index (Phi) is 5.70. The first-order chi connectivity index (χ1) is 9.06. The van der Waals surface area contributed by atoms with Crippen LogP contribution < -0.4 is 5.32 Å². The number of rotatable bonds is 3.